The minimum atomic E-state index is -3.43. The van der Waals surface area contributed by atoms with Crippen molar-refractivity contribution in [2.45, 2.75) is 25.3 Å². The summed E-state index contributed by atoms with van der Waals surface area (Å²) in [7, 11) is -3.43. The third-order valence-corrected chi connectivity index (χ3v) is 7.45. The van der Waals surface area contributed by atoms with Crippen LogP contribution in [0.25, 0.3) is 5.69 Å². The van der Waals surface area contributed by atoms with Crippen LogP contribution >= 0.6 is 0 Å². The Morgan fingerprint density at radius 1 is 0.931 bits per heavy atom. The molecule has 6 nitrogen and oxygen atoms in total. The number of rotatable bonds is 5. The van der Waals surface area contributed by atoms with E-state index in [2.05, 4.69) is 34.3 Å². The molecule has 29 heavy (non-hydrogen) atoms. The Morgan fingerprint density at radius 2 is 1.66 bits per heavy atom. The van der Waals surface area contributed by atoms with Gasteiger partial charge in [0.05, 0.1) is 10.6 Å². The van der Waals surface area contributed by atoms with Crippen LogP contribution in [0.1, 0.15) is 16.7 Å². The zero-order valence-electron chi connectivity index (χ0n) is 16.8. The maximum atomic E-state index is 13.0. The number of hydrogen-bond acceptors (Lipinski definition) is 4. The molecule has 0 saturated carbocycles. The standard InChI is InChI=1S/C22H26N4O2S/c1-18-4-9-22(16-19(18)2)29(27,28)25-14-12-24(13-15-25)17-20-5-7-21(8-6-20)26-11-3-10-23-26/h3-11,16H,12-15,17H2,1-2H3. The lowest BCUT2D eigenvalue weighted by Crippen LogP contribution is -2.48. The van der Waals surface area contributed by atoms with Gasteiger partial charge in [0.25, 0.3) is 0 Å². The summed E-state index contributed by atoms with van der Waals surface area (Å²) in [6.45, 7) is 7.24. The van der Waals surface area contributed by atoms with Crippen LogP contribution in [0, 0.1) is 13.8 Å². The van der Waals surface area contributed by atoms with E-state index in [9.17, 15) is 8.42 Å². The highest BCUT2D eigenvalue weighted by Crippen LogP contribution is 2.21. The molecule has 2 aromatic carbocycles. The fourth-order valence-corrected chi connectivity index (χ4v) is 5.09. The average molecular weight is 411 g/mol. The quantitative estimate of drug-likeness (QED) is 0.649. The van der Waals surface area contributed by atoms with Gasteiger partial charge in [-0.1, -0.05) is 18.2 Å². The number of hydrogen-bond donors (Lipinski definition) is 0. The van der Waals surface area contributed by atoms with Crippen molar-refractivity contribution in [2.24, 2.45) is 0 Å². The highest BCUT2D eigenvalue weighted by Gasteiger charge is 2.28. The van der Waals surface area contributed by atoms with Crippen molar-refractivity contribution in [2.75, 3.05) is 26.2 Å². The Morgan fingerprint density at radius 3 is 2.28 bits per heavy atom. The van der Waals surface area contributed by atoms with Crippen LogP contribution < -0.4 is 0 Å². The predicted molar refractivity (Wildman–Crippen MR) is 114 cm³/mol. The van der Waals surface area contributed by atoms with Gasteiger partial charge in [-0.2, -0.15) is 9.40 Å². The maximum absolute atomic E-state index is 13.0. The Hall–Kier alpha value is -2.48. The third-order valence-electron chi connectivity index (χ3n) is 5.56. The van der Waals surface area contributed by atoms with Crippen LogP contribution in [-0.4, -0.2) is 53.6 Å². The normalized spacial score (nSPS) is 16.2. The molecule has 1 saturated heterocycles. The van der Waals surface area contributed by atoms with E-state index in [1.165, 1.54) is 5.56 Å². The smallest absolute Gasteiger partial charge is 0.243 e. The fraction of sp³-hybridized carbons (Fsp3) is 0.318. The van der Waals surface area contributed by atoms with Crippen LogP contribution in [-0.2, 0) is 16.6 Å². The lowest BCUT2D eigenvalue weighted by atomic mass is 10.1. The van der Waals surface area contributed by atoms with Crippen LogP contribution in [0.4, 0.5) is 0 Å². The molecule has 1 aliphatic rings. The van der Waals surface area contributed by atoms with Gasteiger partial charge in [0, 0.05) is 45.1 Å². The summed E-state index contributed by atoms with van der Waals surface area (Å²) in [5, 5.41) is 4.24. The highest BCUT2D eigenvalue weighted by atomic mass is 32.2. The second kappa shape index (κ2) is 8.10. The van der Waals surface area contributed by atoms with Crippen molar-refractivity contribution < 1.29 is 8.42 Å². The number of nitrogens with zero attached hydrogens (tertiary/aromatic N) is 4. The molecule has 152 valence electrons. The van der Waals surface area contributed by atoms with Gasteiger partial charge < -0.3 is 0 Å². The molecule has 0 unspecified atom stereocenters. The molecule has 1 aromatic heterocycles. The molecule has 2 heterocycles. The van der Waals surface area contributed by atoms with Crippen molar-refractivity contribution in [1.82, 2.24) is 19.0 Å². The fourth-order valence-electron chi connectivity index (χ4n) is 3.59. The zero-order valence-corrected chi connectivity index (χ0v) is 17.6. The van der Waals surface area contributed by atoms with E-state index in [0.29, 0.717) is 18.0 Å². The molecule has 0 spiro atoms. The van der Waals surface area contributed by atoms with Gasteiger partial charge in [0.1, 0.15) is 0 Å². The summed E-state index contributed by atoms with van der Waals surface area (Å²) in [6.07, 6.45) is 3.68. The molecule has 4 rings (SSSR count). The molecule has 0 atom stereocenters. The summed E-state index contributed by atoms with van der Waals surface area (Å²) in [4.78, 5) is 2.69. The van der Waals surface area contributed by atoms with E-state index in [-0.39, 0.29) is 0 Å². The summed E-state index contributed by atoms with van der Waals surface area (Å²) in [5.41, 5.74) is 4.35. The van der Waals surface area contributed by atoms with Crippen LogP contribution in [0.15, 0.2) is 65.8 Å². The van der Waals surface area contributed by atoms with Gasteiger partial charge in [-0.25, -0.2) is 13.1 Å². The van der Waals surface area contributed by atoms with E-state index in [1.807, 2.05) is 36.9 Å². The molecule has 1 fully saturated rings. The topological polar surface area (TPSA) is 58.4 Å². The third kappa shape index (κ3) is 4.27. The summed E-state index contributed by atoms with van der Waals surface area (Å²) in [6, 6.07) is 15.6. The molecule has 1 aliphatic heterocycles. The Bertz CT molecular complexity index is 1070. The van der Waals surface area contributed by atoms with E-state index < -0.39 is 10.0 Å². The molecular formula is C22H26N4O2S. The highest BCUT2D eigenvalue weighted by molar-refractivity contribution is 7.89. The maximum Gasteiger partial charge on any atom is 0.243 e. The number of benzene rings is 2. The largest absolute Gasteiger partial charge is 0.296 e. The van der Waals surface area contributed by atoms with Gasteiger partial charge in [-0.3, -0.25) is 4.90 Å². The van der Waals surface area contributed by atoms with Crippen molar-refractivity contribution >= 4 is 10.0 Å². The van der Waals surface area contributed by atoms with Gasteiger partial charge in [-0.05, 0) is 60.9 Å². The molecule has 0 radical (unpaired) electrons. The second-order valence-corrected chi connectivity index (χ2v) is 9.48. The molecule has 3 aromatic rings. The average Bonchev–Trinajstić information content (AvgIpc) is 3.26. The van der Waals surface area contributed by atoms with E-state index in [1.54, 1.807) is 22.6 Å². The van der Waals surface area contributed by atoms with Crippen LogP contribution in [0.3, 0.4) is 0 Å². The number of piperazine rings is 1. The van der Waals surface area contributed by atoms with Crippen molar-refractivity contribution in [3.8, 4) is 5.69 Å². The molecule has 0 aliphatic carbocycles. The van der Waals surface area contributed by atoms with Crippen molar-refractivity contribution in [3.05, 3.63) is 77.6 Å². The minimum absolute atomic E-state index is 0.392. The monoisotopic (exact) mass is 410 g/mol. The van der Waals surface area contributed by atoms with Gasteiger partial charge in [0.15, 0.2) is 0 Å². The SMILES string of the molecule is Cc1ccc(S(=O)(=O)N2CCN(Cc3ccc(-n4cccn4)cc3)CC2)cc1C. The Balaban J connectivity index is 1.37. The lowest BCUT2D eigenvalue weighted by molar-refractivity contribution is 0.181. The first-order valence-electron chi connectivity index (χ1n) is 9.82. The van der Waals surface area contributed by atoms with Crippen molar-refractivity contribution in [1.29, 1.82) is 0 Å². The van der Waals surface area contributed by atoms with E-state index in [4.69, 9.17) is 0 Å². The molecule has 7 heteroatoms. The van der Waals surface area contributed by atoms with Crippen LogP contribution in [0.5, 0.6) is 0 Å². The van der Waals surface area contributed by atoms with Crippen LogP contribution in [0.2, 0.25) is 0 Å². The molecule has 0 bridgehead atoms. The van der Waals surface area contributed by atoms with Gasteiger partial charge >= 0.3 is 0 Å². The first-order valence-corrected chi connectivity index (χ1v) is 11.3. The number of aryl methyl sites for hydroxylation is 2. The number of sulfonamides is 1. The Kier molecular flexibility index (Phi) is 5.54. The first kappa shape index (κ1) is 19.8. The van der Waals surface area contributed by atoms with E-state index >= 15 is 0 Å². The molecular weight excluding hydrogens is 384 g/mol. The second-order valence-electron chi connectivity index (χ2n) is 7.54. The number of aromatic nitrogens is 2. The zero-order chi connectivity index (χ0) is 20.4. The summed E-state index contributed by atoms with van der Waals surface area (Å²) < 4.78 is 29.4. The van der Waals surface area contributed by atoms with E-state index in [0.717, 1.165) is 36.4 Å². The summed E-state index contributed by atoms with van der Waals surface area (Å²) in [5.74, 6) is 0. The first-order chi connectivity index (χ1) is 13.9. The predicted octanol–water partition coefficient (Wildman–Crippen LogP) is 3.00. The molecule has 0 N–H and O–H groups in total. The van der Waals surface area contributed by atoms with Gasteiger partial charge in [0.2, 0.25) is 10.0 Å². The minimum Gasteiger partial charge on any atom is -0.296 e. The summed E-state index contributed by atoms with van der Waals surface area (Å²) >= 11 is 0. The van der Waals surface area contributed by atoms with Gasteiger partial charge in [-0.15, -0.1) is 0 Å². The lowest BCUT2D eigenvalue weighted by Gasteiger charge is -2.34. The Labute approximate surface area is 172 Å². The van der Waals surface area contributed by atoms with Crippen molar-refractivity contribution in [3.63, 3.8) is 0 Å². The molecule has 0 amide bonds.